The van der Waals surface area contributed by atoms with E-state index in [1.807, 2.05) is 68.4 Å². The Morgan fingerprint density at radius 2 is 1.55 bits per heavy atom. The summed E-state index contributed by atoms with van der Waals surface area (Å²) in [5.41, 5.74) is 2.63. The third-order valence-electron chi connectivity index (χ3n) is 6.36. The first-order valence-corrected chi connectivity index (χ1v) is 15.7. The van der Waals surface area contributed by atoms with Crippen LogP contribution in [0.2, 0.25) is 15.1 Å². The molecule has 11 heteroatoms. The van der Waals surface area contributed by atoms with Crippen molar-refractivity contribution in [1.29, 1.82) is 0 Å². The highest BCUT2D eigenvalue weighted by Gasteiger charge is 2.33. The topological polar surface area (TPSA) is 86.8 Å². The number of hydrogen-bond donors (Lipinski definition) is 1. The minimum absolute atomic E-state index is 0.0119. The average Bonchev–Trinajstić information content (AvgIpc) is 2.91. The van der Waals surface area contributed by atoms with Crippen molar-refractivity contribution < 1.29 is 18.0 Å². The smallest absolute Gasteiger partial charge is 0.244 e. The fraction of sp³-hybridized carbons (Fsp3) is 0.310. The van der Waals surface area contributed by atoms with Gasteiger partial charge in [-0.05, 0) is 42.2 Å². The molecule has 0 spiro atoms. The van der Waals surface area contributed by atoms with Crippen molar-refractivity contribution in [2.75, 3.05) is 23.7 Å². The summed E-state index contributed by atoms with van der Waals surface area (Å²) >= 11 is 18.6. The Bertz CT molecular complexity index is 1450. The van der Waals surface area contributed by atoms with Crippen molar-refractivity contribution in [3.8, 4) is 0 Å². The third kappa shape index (κ3) is 8.36. The summed E-state index contributed by atoms with van der Waals surface area (Å²) in [6, 6.07) is 18.6. The van der Waals surface area contributed by atoms with Gasteiger partial charge in [0.15, 0.2) is 0 Å². The molecule has 0 radical (unpaired) electrons. The molecule has 0 aromatic heterocycles. The lowest BCUT2D eigenvalue weighted by atomic mass is 10.0. The fourth-order valence-electron chi connectivity index (χ4n) is 4.19. The second-order valence-corrected chi connectivity index (χ2v) is 12.6. The maximum atomic E-state index is 14.1. The molecule has 1 N–H and O–H groups in total. The maximum absolute atomic E-state index is 14.1. The predicted octanol–water partition coefficient (Wildman–Crippen LogP) is 5.89. The van der Waals surface area contributed by atoms with Gasteiger partial charge in [-0.2, -0.15) is 0 Å². The zero-order chi connectivity index (χ0) is 29.4. The quantitative estimate of drug-likeness (QED) is 0.255. The van der Waals surface area contributed by atoms with Gasteiger partial charge in [0.1, 0.15) is 12.6 Å². The van der Waals surface area contributed by atoms with E-state index in [0.29, 0.717) is 13.0 Å². The van der Waals surface area contributed by atoms with Gasteiger partial charge < -0.3 is 10.2 Å². The van der Waals surface area contributed by atoms with Gasteiger partial charge in [-0.3, -0.25) is 13.9 Å². The number of carbonyl (C=O) groups excluding carboxylic acids is 2. The van der Waals surface area contributed by atoms with E-state index in [1.54, 1.807) is 0 Å². The molecule has 2 amide bonds. The number of sulfonamides is 1. The van der Waals surface area contributed by atoms with Crippen molar-refractivity contribution in [2.45, 2.75) is 39.3 Å². The van der Waals surface area contributed by atoms with Gasteiger partial charge in [0.05, 0.1) is 27.0 Å². The van der Waals surface area contributed by atoms with E-state index in [9.17, 15) is 18.0 Å². The first-order valence-electron chi connectivity index (χ1n) is 12.7. The largest absolute Gasteiger partial charge is 0.354 e. The maximum Gasteiger partial charge on any atom is 0.244 e. The number of aryl methyl sites for hydroxylation is 1. The van der Waals surface area contributed by atoms with Crippen LogP contribution in [0.25, 0.3) is 0 Å². The van der Waals surface area contributed by atoms with Gasteiger partial charge in [0.2, 0.25) is 21.8 Å². The molecule has 0 aliphatic carbocycles. The van der Waals surface area contributed by atoms with E-state index in [0.717, 1.165) is 27.3 Å². The Hall–Kier alpha value is -2.78. The summed E-state index contributed by atoms with van der Waals surface area (Å²) < 4.78 is 26.7. The summed E-state index contributed by atoms with van der Waals surface area (Å²) in [7, 11) is -4.00. The summed E-state index contributed by atoms with van der Waals surface area (Å²) in [6.45, 7) is 3.78. The normalized spacial score (nSPS) is 12.1. The number of amides is 2. The van der Waals surface area contributed by atoms with Gasteiger partial charge in [-0.1, -0.05) is 96.3 Å². The van der Waals surface area contributed by atoms with E-state index < -0.39 is 28.5 Å². The van der Waals surface area contributed by atoms with Crippen molar-refractivity contribution >= 4 is 62.3 Å². The Balaban J connectivity index is 2.09. The van der Waals surface area contributed by atoms with E-state index in [2.05, 4.69) is 5.32 Å². The number of rotatable bonds is 12. The second kappa shape index (κ2) is 14.2. The van der Waals surface area contributed by atoms with Gasteiger partial charge in [-0.25, -0.2) is 8.42 Å². The first kappa shape index (κ1) is 31.7. The molecule has 214 valence electrons. The first-order chi connectivity index (χ1) is 18.9. The van der Waals surface area contributed by atoms with Crippen LogP contribution >= 0.6 is 34.8 Å². The molecule has 0 fully saturated rings. The molecule has 40 heavy (non-hydrogen) atoms. The highest BCUT2D eigenvalue weighted by atomic mass is 35.5. The summed E-state index contributed by atoms with van der Waals surface area (Å²) in [4.78, 5) is 29.1. The molecule has 0 unspecified atom stereocenters. The minimum Gasteiger partial charge on any atom is -0.354 e. The molecule has 0 aliphatic heterocycles. The summed E-state index contributed by atoms with van der Waals surface area (Å²) in [6.07, 6.45) is 1.92. The van der Waals surface area contributed by atoms with Gasteiger partial charge in [0, 0.05) is 19.5 Å². The van der Waals surface area contributed by atoms with Gasteiger partial charge >= 0.3 is 0 Å². The van der Waals surface area contributed by atoms with E-state index in [4.69, 9.17) is 34.8 Å². The molecule has 0 heterocycles. The van der Waals surface area contributed by atoms with Gasteiger partial charge in [0.25, 0.3) is 0 Å². The molecule has 0 saturated heterocycles. The molecule has 0 bridgehead atoms. The van der Waals surface area contributed by atoms with Crippen LogP contribution in [0, 0.1) is 6.92 Å². The number of hydrogen-bond acceptors (Lipinski definition) is 4. The number of nitrogens with one attached hydrogen (secondary N) is 1. The summed E-state index contributed by atoms with van der Waals surface area (Å²) in [5.74, 6) is -0.908. The lowest BCUT2D eigenvalue weighted by Crippen LogP contribution is -2.53. The van der Waals surface area contributed by atoms with Crippen LogP contribution in [0.1, 0.15) is 30.0 Å². The highest BCUT2D eigenvalue weighted by Crippen LogP contribution is 2.35. The SMILES string of the molecule is CCCNC(=O)[C@@H](Cc1ccccc1)N(Cc1ccccc1C)C(=O)CN(c1cc(Cl)c(Cl)cc1Cl)S(C)(=O)=O. The van der Waals surface area contributed by atoms with Crippen molar-refractivity contribution in [3.63, 3.8) is 0 Å². The standard InChI is InChI=1S/C29H32Cl3N3O4S/c1-4-14-33-29(37)27(15-21-11-6-5-7-12-21)34(18-22-13-9-8-10-20(22)2)28(36)19-35(40(3,38)39)26-17-24(31)23(30)16-25(26)32/h5-13,16-17,27H,4,14-15,18-19H2,1-3H3,(H,33,37)/t27-/m1/s1. The van der Waals surface area contributed by atoms with Crippen LogP contribution < -0.4 is 9.62 Å². The summed E-state index contributed by atoms with van der Waals surface area (Å²) in [5, 5.41) is 3.15. The van der Waals surface area contributed by atoms with Crippen LogP contribution in [-0.4, -0.2) is 50.5 Å². The second-order valence-electron chi connectivity index (χ2n) is 9.43. The molecule has 3 aromatic rings. The Labute approximate surface area is 251 Å². The van der Waals surface area contributed by atoms with Gasteiger partial charge in [-0.15, -0.1) is 0 Å². The molecule has 0 aliphatic rings. The van der Waals surface area contributed by atoms with Crippen LogP contribution in [-0.2, 0) is 32.6 Å². The fourth-order valence-corrected chi connectivity index (χ4v) is 5.74. The Morgan fingerprint density at radius 3 is 2.17 bits per heavy atom. The molecule has 1 atom stereocenters. The monoisotopic (exact) mass is 623 g/mol. The lowest BCUT2D eigenvalue weighted by molar-refractivity contribution is -0.140. The van der Waals surface area contributed by atoms with E-state index in [1.165, 1.54) is 17.0 Å². The van der Waals surface area contributed by atoms with Crippen molar-refractivity contribution in [3.05, 3.63) is 98.5 Å². The zero-order valence-electron chi connectivity index (χ0n) is 22.5. The van der Waals surface area contributed by atoms with Crippen molar-refractivity contribution in [2.24, 2.45) is 0 Å². The number of carbonyl (C=O) groups is 2. The third-order valence-corrected chi connectivity index (χ3v) is 8.51. The van der Waals surface area contributed by atoms with E-state index in [-0.39, 0.29) is 39.6 Å². The number of halogens is 3. The van der Waals surface area contributed by atoms with Crippen LogP contribution in [0.3, 0.4) is 0 Å². The number of anilines is 1. The average molecular weight is 625 g/mol. The van der Waals surface area contributed by atoms with E-state index >= 15 is 0 Å². The number of benzene rings is 3. The molecular weight excluding hydrogens is 593 g/mol. The molecule has 7 nitrogen and oxygen atoms in total. The Kier molecular flexibility index (Phi) is 11.3. The van der Waals surface area contributed by atoms with Crippen LogP contribution in [0.4, 0.5) is 5.69 Å². The Morgan fingerprint density at radius 1 is 0.925 bits per heavy atom. The lowest BCUT2D eigenvalue weighted by Gasteiger charge is -2.34. The number of nitrogens with zero attached hydrogens (tertiary/aromatic N) is 2. The molecular formula is C29H32Cl3N3O4S. The molecule has 3 aromatic carbocycles. The predicted molar refractivity (Wildman–Crippen MR) is 163 cm³/mol. The highest BCUT2D eigenvalue weighted by molar-refractivity contribution is 7.92. The molecule has 0 saturated carbocycles. The molecule has 3 rings (SSSR count). The van der Waals surface area contributed by atoms with Crippen molar-refractivity contribution in [1.82, 2.24) is 10.2 Å². The van der Waals surface area contributed by atoms with Crippen LogP contribution in [0.15, 0.2) is 66.7 Å². The van der Waals surface area contributed by atoms with Crippen LogP contribution in [0.5, 0.6) is 0 Å². The minimum atomic E-state index is -4.00. The zero-order valence-corrected chi connectivity index (χ0v) is 25.6.